The highest BCUT2D eigenvalue weighted by Crippen LogP contribution is 2.27. The Bertz CT molecular complexity index is 393. The van der Waals surface area contributed by atoms with E-state index >= 15 is 0 Å². The van der Waals surface area contributed by atoms with Gasteiger partial charge in [0.1, 0.15) is 6.61 Å². The lowest BCUT2D eigenvalue weighted by Crippen LogP contribution is -1.99. The van der Waals surface area contributed by atoms with E-state index in [-0.39, 0.29) is 5.43 Å². The molecule has 0 fully saturated rings. The van der Waals surface area contributed by atoms with Crippen LogP contribution in [-0.2, 0) is 0 Å². The van der Waals surface area contributed by atoms with Gasteiger partial charge in [-0.05, 0) is 11.6 Å². The van der Waals surface area contributed by atoms with Crippen molar-refractivity contribution < 1.29 is 4.74 Å². The van der Waals surface area contributed by atoms with Gasteiger partial charge in [-0.25, -0.2) is 0 Å². The minimum Gasteiger partial charge on any atom is -0.484 e. The molecule has 2 heteroatoms. The Hall–Kier alpha value is -1.57. The second kappa shape index (κ2) is 2.48. The van der Waals surface area contributed by atoms with Crippen molar-refractivity contribution in [1.82, 2.24) is 0 Å². The maximum atomic E-state index is 11.3. The van der Waals surface area contributed by atoms with Crippen molar-refractivity contribution in [3.05, 3.63) is 46.6 Å². The Morgan fingerprint density at radius 3 is 2.92 bits per heavy atom. The van der Waals surface area contributed by atoms with Crippen LogP contribution in [0.1, 0.15) is 5.56 Å². The fraction of sp³-hybridized carbons (Fsp3) is 0.100. The zero-order chi connectivity index (χ0) is 8.55. The first-order valence-electron chi connectivity index (χ1n) is 3.73. The predicted octanol–water partition coefficient (Wildman–Crippen LogP) is 1.45. The van der Waals surface area contributed by atoms with Crippen molar-refractivity contribution in [2.45, 2.75) is 0 Å². The molecule has 1 aromatic carbocycles. The standard InChI is InChI=1S/C10H8O2/c1-7-6-12-10-8(7)4-2-3-5-9(10)11/h2-5H,1,6H2. The van der Waals surface area contributed by atoms with Gasteiger partial charge in [0.25, 0.3) is 0 Å². The zero-order valence-electron chi connectivity index (χ0n) is 6.54. The molecular weight excluding hydrogens is 152 g/mol. The fourth-order valence-electron chi connectivity index (χ4n) is 1.24. The highest BCUT2D eigenvalue weighted by atomic mass is 16.5. The van der Waals surface area contributed by atoms with E-state index in [1.165, 1.54) is 6.07 Å². The Balaban J connectivity index is 2.81. The minimum atomic E-state index is -0.0753. The summed E-state index contributed by atoms with van der Waals surface area (Å²) < 4.78 is 5.19. The summed E-state index contributed by atoms with van der Waals surface area (Å²) >= 11 is 0. The van der Waals surface area contributed by atoms with Crippen molar-refractivity contribution in [2.75, 3.05) is 6.61 Å². The summed E-state index contributed by atoms with van der Waals surface area (Å²) in [7, 11) is 0. The molecular formula is C10H8O2. The van der Waals surface area contributed by atoms with Gasteiger partial charge in [0.05, 0.1) is 0 Å². The summed E-state index contributed by atoms with van der Waals surface area (Å²) in [4.78, 5) is 11.3. The van der Waals surface area contributed by atoms with Crippen LogP contribution in [0.25, 0.3) is 5.57 Å². The molecule has 0 amide bonds. The second-order valence-corrected chi connectivity index (χ2v) is 2.72. The van der Waals surface area contributed by atoms with Gasteiger partial charge >= 0.3 is 0 Å². The zero-order valence-corrected chi connectivity index (χ0v) is 6.54. The monoisotopic (exact) mass is 160 g/mol. The molecule has 0 saturated carbocycles. The summed E-state index contributed by atoms with van der Waals surface area (Å²) in [5, 5.41) is 0. The molecule has 0 bridgehead atoms. The van der Waals surface area contributed by atoms with Crippen molar-refractivity contribution in [3.63, 3.8) is 0 Å². The van der Waals surface area contributed by atoms with E-state index in [0.29, 0.717) is 12.4 Å². The fourth-order valence-corrected chi connectivity index (χ4v) is 1.24. The molecule has 1 heterocycles. The van der Waals surface area contributed by atoms with Crippen LogP contribution in [0.3, 0.4) is 0 Å². The number of ether oxygens (including phenoxy) is 1. The smallest absolute Gasteiger partial charge is 0.221 e. The molecule has 1 aromatic rings. The first kappa shape index (κ1) is 7.10. The third-order valence-electron chi connectivity index (χ3n) is 1.86. The van der Waals surface area contributed by atoms with Gasteiger partial charge in [0.2, 0.25) is 5.43 Å². The molecule has 0 spiro atoms. The van der Waals surface area contributed by atoms with Crippen LogP contribution >= 0.6 is 0 Å². The van der Waals surface area contributed by atoms with Gasteiger partial charge < -0.3 is 4.74 Å². The number of rotatable bonds is 0. The molecule has 0 aromatic heterocycles. The van der Waals surface area contributed by atoms with E-state index in [1.54, 1.807) is 6.07 Å². The molecule has 12 heavy (non-hydrogen) atoms. The van der Waals surface area contributed by atoms with Crippen molar-refractivity contribution >= 4 is 5.57 Å². The third-order valence-corrected chi connectivity index (χ3v) is 1.86. The van der Waals surface area contributed by atoms with Crippen LogP contribution in [0.2, 0.25) is 0 Å². The van der Waals surface area contributed by atoms with E-state index < -0.39 is 0 Å². The van der Waals surface area contributed by atoms with Crippen molar-refractivity contribution in [1.29, 1.82) is 0 Å². The van der Waals surface area contributed by atoms with Gasteiger partial charge in [-0.2, -0.15) is 0 Å². The molecule has 1 aliphatic rings. The minimum absolute atomic E-state index is 0.0753. The lowest BCUT2D eigenvalue weighted by molar-refractivity contribution is 0.385. The van der Waals surface area contributed by atoms with E-state index in [0.717, 1.165) is 11.1 Å². The maximum Gasteiger partial charge on any atom is 0.221 e. The lowest BCUT2D eigenvalue weighted by atomic mass is 10.1. The SMILES string of the molecule is C=C1COc2c1ccccc2=O. The molecule has 1 aliphatic heterocycles. The average Bonchev–Trinajstić information content (AvgIpc) is 2.30. The highest BCUT2D eigenvalue weighted by molar-refractivity contribution is 5.72. The first-order valence-corrected chi connectivity index (χ1v) is 3.73. The largest absolute Gasteiger partial charge is 0.484 e. The second-order valence-electron chi connectivity index (χ2n) is 2.72. The van der Waals surface area contributed by atoms with E-state index in [9.17, 15) is 4.79 Å². The molecule has 0 saturated heterocycles. The van der Waals surface area contributed by atoms with E-state index in [4.69, 9.17) is 4.74 Å². The summed E-state index contributed by atoms with van der Waals surface area (Å²) in [6, 6.07) is 6.88. The van der Waals surface area contributed by atoms with Crippen LogP contribution in [-0.4, -0.2) is 6.61 Å². The molecule has 0 unspecified atom stereocenters. The van der Waals surface area contributed by atoms with Crippen LogP contribution in [0.15, 0.2) is 35.6 Å². The Morgan fingerprint density at radius 1 is 1.33 bits per heavy atom. The van der Waals surface area contributed by atoms with Crippen LogP contribution in [0.4, 0.5) is 0 Å². The lowest BCUT2D eigenvalue weighted by Gasteiger charge is -1.88. The van der Waals surface area contributed by atoms with Crippen LogP contribution in [0, 0.1) is 0 Å². The molecule has 0 atom stereocenters. The van der Waals surface area contributed by atoms with Gasteiger partial charge in [0.15, 0.2) is 5.75 Å². The summed E-state index contributed by atoms with van der Waals surface area (Å²) in [6.45, 7) is 4.24. The number of hydrogen-bond acceptors (Lipinski definition) is 2. The van der Waals surface area contributed by atoms with Gasteiger partial charge in [-0.1, -0.05) is 24.8 Å². The summed E-state index contributed by atoms with van der Waals surface area (Å²) in [5.74, 6) is 0.435. The van der Waals surface area contributed by atoms with Crippen LogP contribution < -0.4 is 10.2 Å². The molecule has 2 nitrogen and oxygen atoms in total. The highest BCUT2D eigenvalue weighted by Gasteiger charge is 2.16. The normalized spacial score (nSPS) is 13.8. The first-order chi connectivity index (χ1) is 5.79. The molecule has 0 N–H and O–H groups in total. The van der Waals surface area contributed by atoms with Crippen molar-refractivity contribution in [3.8, 4) is 5.75 Å². The van der Waals surface area contributed by atoms with E-state index in [2.05, 4.69) is 6.58 Å². The predicted molar refractivity (Wildman–Crippen MR) is 47.2 cm³/mol. The van der Waals surface area contributed by atoms with Gasteiger partial charge in [-0.3, -0.25) is 4.79 Å². The summed E-state index contributed by atoms with van der Waals surface area (Å²) in [5.41, 5.74) is 1.64. The Morgan fingerprint density at radius 2 is 2.08 bits per heavy atom. The number of hydrogen-bond donors (Lipinski definition) is 0. The Kier molecular flexibility index (Phi) is 1.47. The third kappa shape index (κ3) is 0.925. The van der Waals surface area contributed by atoms with Crippen molar-refractivity contribution in [2.24, 2.45) is 0 Å². The Labute approximate surface area is 70.1 Å². The molecule has 60 valence electrons. The molecule has 0 radical (unpaired) electrons. The van der Waals surface area contributed by atoms with Gasteiger partial charge in [-0.15, -0.1) is 0 Å². The molecule has 0 aliphatic carbocycles. The topological polar surface area (TPSA) is 26.3 Å². The van der Waals surface area contributed by atoms with Crippen LogP contribution in [0.5, 0.6) is 5.75 Å². The quantitative estimate of drug-likeness (QED) is 0.574. The summed E-state index contributed by atoms with van der Waals surface area (Å²) in [6.07, 6.45) is 0. The molecule has 2 rings (SSSR count). The average molecular weight is 160 g/mol. The van der Waals surface area contributed by atoms with E-state index in [1.807, 2.05) is 12.1 Å². The van der Waals surface area contributed by atoms with Gasteiger partial charge in [0, 0.05) is 5.56 Å². The maximum absolute atomic E-state index is 11.3. The number of fused-ring (bicyclic) bond motifs is 1.